The lowest BCUT2D eigenvalue weighted by molar-refractivity contribution is -0.384. The number of nitro benzene ring substituents is 1. The number of nitro groups is 1. The Morgan fingerprint density at radius 1 is 1.32 bits per heavy atom. The Bertz CT molecular complexity index is 726. The predicted molar refractivity (Wildman–Crippen MR) is 96.5 cm³/mol. The highest BCUT2D eigenvalue weighted by Crippen LogP contribution is 2.31. The van der Waals surface area contributed by atoms with Crippen molar-refractivity contribution in [2.45, 2.75) is 44.8 Å². The Kier molecular flexibility index (Phi) is 5.08. The number of rotatable bonds is 4. The monoisotopic (exact) mass is 361 g/mol. The molecule has 1 aliphatic carbocycles. The van der Waals surface area contributed by atoms with Crippen molar-refractivity contribution in [3.63, 3.8) is 0 Å². The number of nitrogens with one attached hydrogen (secondary N) is 1. The van der Waals surface area contributed by atoms with Gasteiger partial charge in [-0.3, -0.25) is 14.9 Å². The number of hydrogen-bond acceptors (Lipinski definition) is 5. The SMILES string of the molecule is CC1=NC(=S)NC(c2ccc([N+](=O)[O-])cc2)C1C(=O)OC1CCCC1. The number of aliphatic imine (C=N–C) groups is 1. The molecule has 0 aromatic heterocycles. The highest BCUT2D eigenvalue weighted by Gasteiger charge is 2.38. The van der Waals surface area contributed by atoms with E-state index in [1.165, 1.54) is 12.1 Å². The quantitative estimate of drug-likeness (QED) is 0.383. The number of non-ortho nitro benzene ring substituents is 1. The highest BCUT2D eigenvalue weighted by molar-refractivity contribution is 7.80. The third kappa shape index (κ3) is 3.84. The molecule has 25 heavy (non-hydrogen) atoms. The summed E-state index contributed by atoms with van der Waals surface area (Å²) in [5, 5.41) is 14.2. The molecule has 1 aromatic rings. The fraction of sp³-hybridized carbons (Fsp3) is 0.471. The lowest BCUT2D eigenvalue weighted by Crippen LogP contribution is -2.44. The van der Waals surface area contributed by atoms with Crippen LogP contribution in [-0.4, -0.2) is 27.8 Å². The second-order valence-corrected chi connectivity index (χ2v) is 6.74. The van der Waals surface area contributed by atoms with Crippen LogP contribution in [0.5, 0.6) is 0 Å². The number of ether oxygens (including phenoxy) is 1. The van der Waals surface area contributed by atoms with E-state index in [9.17, 15) is 14.9 Å². The Balaban J connectivity index is 1.86. The van der Waals surface area contributed by atoms with Crippen molar-refractivity contribution in [3.8, 4) is 0 Å². The molecule has 132 valence electrons. The lowest BCUT2D eigenvalue weighted by Gasteiger charge is -2.31. The minimum absolute atomic E-state index is 0.00222. The number of carbonyl (C=O) groups excluding carboxylic acids is 1. The Morgan fingerprint density at radius 3 is 2.56 bits per heavy atom. The molecule has 1 heterocycles. The molecular weight excluding hydrogens is 342 g/mol. The fourth-order valence-electron chi connectivity index (χ4n) is 3.35. The van der Waals surface area contributed by atoms with Crippen molar-refractivity contribution in [2.75, 3.05) is 0 Å². The lowest BCUT2D eigenvalue weighted by atomic mass is 9.88. The number of hydrogen-bond donors (Lipinski definition) is 1. The van der Waals surface area contributed by atoms with Crippen molar-refractivity contribution >= 4 is 34.7 Å². The van der Waals surface area contributed by atoms with Crippen molar-refractivity contribution in [1.82, 2.24) is 5.32 Å². The maximum absolute atomic E-state index is 12.7. The minimum atomic E-state index is -0.603. The molecule has 7 nitrogen and oxygen atoms in total. The highest BCUT2D eigenvalue weighted by atomic mass is 32.1. The van der Waals surface area contributed by atoms with Crippen LogP contribution in [0.1, 0.15) is 44.2 Å². The molecule has 2 aliphatic rings. The molecule has 0 saturated heterocycles. The first-order valence-electron chi connectivity index (χ1n) is 8.26. The van der Waals surface area contributed by atoms with E-state index in [2.05, 4.69) is 10.3 Å². The molecule has 8 heteroatoms. The number of benzene rings is 1. The zero-order chi connectivity index (χ0) is 18.0. The number of nitrogens with zero attached hydrogens (tertiary/aromatic N) is 2. The molecule has 0 amide bonds. The molecule has 2 unspecified atom stereocenters. The summed E-state index contributed by atoms with van der Waals surface area (Å²) in [6.45, 7) is 1.76. The van der Waals surface area contributed by atoms with E-state index in [0.29, 0.717) is 10.8 Å². The van der Waals surface area contributed by atoms with E-state index < -0.39 is 16.9 Å². The van der Waals surface area contributed by atoms with Crippen LogP contribution < -0.4 is 5.32 Å². The zero-order valence-corrected chi connectivity index (χ0v) is 14.6. The zero-order valence-electron chi connectivity index (χ0n) is 13.8. The van der Waals surface area contributed by atoms with Crippen LogP contribution in [-0.2, 0) is 9.53 Å². The molecule has 2 atom stereocenters. The Morgan fingerprint density at radius 2 is 1.96 bits per heavy atom. The van der Waals surface area contributed by atoms with Crippen LogP contribution in [0, 0.1) is 16.0 Å². The van der Waals surface area contributed by atoms with E-state index in [0.717, 1.165) is 31.2 Å². The summed E-state index contributed by atoms with van der Waals surface area (Å²) in [5.41, 5.74) is 1.32. The molecule has 1 saturated carbocycles. The Labute approximate surface area is 150 Å². The summed E-state index contributed by atoms with van der Waals surface area (Å²) in [5.74, 6) is -0.930. The molecule has 3 rings (SSSR count). The van der Waals surface area contributed by atoms with Gasteiger partial charge in [0.15, 0.2) is 5.11 Å². The number of esters is 1. The maximum Gasteiger partial charge on any atom is 0.317 e. The summed E-state index contributed by atoms with van der Waals surface area (Å²) in [6, 6.07) is 5.65. The molecular formula is C17H19N3O4S. The van der Waals surface area contributed by atoms with Crippen LogP contribution in [0.2, 0.25) is 0 Å². The van der Waals surface area contributed by atoms with Gasteiger partial charge in [0.05, 0.1) is 11.0 Å². The van der Waals surface area contributed by atoms with E-state index in [4.69, 9.17) is 17.0 Å². The van der Waals surface area contributed by atoms with E-state index in [1.807, 2.05) is 0 Å². The minimum Gasteiger partial charge on any atom is -0.462 e. The summed E-state index contributed by atoms with van der Waals surface area (Å²) in [7, 11) is 0. The van der Waals surface area contributed by atoms with E-state index in [1.54, 1.807) is 19.1 Å². The maximum atomic E-state index is 12.7. The fourth-order valence-corrected chi connectivity index (χ4v) is 3.62. The number of carbonyl (C=O) groups is 1. The molecule has 0 bridgehead atoms. The average Bonchev–Trinajstić information content (AvgIpc) is 3.07. The third-order valence-electron chi connectivity index (χ3n) is 4.64. The summed E-state index contributed by atoms with van der Waals surface area (Å²) < 4.78 is 5.66. The standard InChI is InChI=1S/C17H19N3O4S/c1-10-14(16(21)24-13-4-2-3-5-13)15(19-17(25)18-10)11-6-8-12(9-7-11)20(22)23/h6-9,13-15H,2-5H2,1H3,(H,19,25). The first-order valence-corrected chi connectivity index (χ1v) is 8.67. The van der Waals surface area contributed by atoms with Gasteiger partial charge in [-0.05, 0) is 50.4 Å². The van der Waals surface area contributed by atoms with Gasteiger partial charge in [-0.15, -0.1) is 0 Å². The van der Waals surface area contributed by atoms with Gasteiger partial charge in [0, 0.05) is 17.8 Å². The molecule has 0 spiro atoms. The average molecular weight is 361 g/mol. The second-order valence-electron chi connectivity index (χ2n) is 6.35. The van der Waals surface area contributed by atoms with E-state index in [-0.39, 0.29) is 17.8 Å². The van der Waals surface area contributed by atoms with Gasteiger partial charge in [-0.25, -0.2) is 4.99 Å². The van der Waals surface area contributed by atoms with Crippen molar-refractivity contribution < 1.29 is 14.5 Å². The van der Waals surface area contributed by atoms with Gasteiger partial charge in [0.25, 0.3) is 5.69 Å². The second kappa shape index (κ2) is 7.26. The predicted octanol–water partition coefficient (Wildman–Crippen LogP) is 3.09. The molecule has 1 fully saturated rings. The van der Waals surface area contributed by atoms with Crippen LogP contribution >= 0.6 is 12.2 Å². The van der Waals surface area contributed by atoms with Gasteiger partial charge < -0.3 is 10.1 Å². The first-order chi connectivity index (χ1) is 12.0. The molecule has 1 aromatic carbocycles. The normalized spacial score (nSPS) is 23.7. The summed E-state index contributed by atoms with van der Waals surface area (Å²) in [6.07, 6.45) is 3.89. The molecule has 1 N–H and O–H groups in total. The third-order valence-corrected chi connectivity index (χ3v) is 4.85. The van der Waals surface area contributed by atoms with Crippen LogP contribution in [0.4, 0.5) is 5.69 Å². The van der Waals surface area contributed by atoms with Gasteiger partial charge in [-0.1, -0.05) is 12.1 Å². The van der Waals surface area contributed by atoms with Gasteiger partial charge in [-0.2, -0.15) is 0 Å². The number of thiocarbonyl (C=S) groups is 1. The van der Waals surface area contributed by atoms with Crippen molar-refractivity contribution in [2.24, 2.45) is 10.9 Å². The van der Waals surface area contributed by atoms with Crippen LogP contribution in [0.25, 0.3) is 0 Å². The van der Waals surface area contributed by atoms with Crippen LogP contribution in [0.15, 0.2) is 29.3 Å². The summed E-state index contributed by atoms with van der Waals surface area (Å²) in [4.78, 5) is 27.3. The van der Waals surface area contributed by atoms with Gasteiger partial charge >= 0.3 is 5.97 Å². The smallest absolute Gasteiger partial charge is 0.317 e. The van der Waals surface area contributed by atoms with Gasteiger partial charge in [0.2, 0.25) is 0 Å². The summed E-state index contributed by atoms with van der Waals surface area (Å²) >= 11 is 5.15. The topological polar surface area (TPSA) is 93.8 Å². The molecule has 0 radical (unpaired) electrons. The van der Waals surface area contributed by atoms with E-state index >= 15 is 0 Å². The largest absolute Gasteiger partial charge is 0.462 e. The van der Waals surface area contributed by atoms with Crippen molar-refractivity contribution in [3.05, 3.63) is 39.9 Å². The first kappa shape index (κ1) is 17.5. The van der Waals surface area contributed by atoms with Gasteiger partial charge in [0.1, 0.15) is 12.0 Å². The van der Waals surface area contributed by atoms with Crippen molar-refractivity contribution in [1.29, 1.82) is 0 Å². The van der Waals surface area contributed by atoms with Crippen LogP contribution in [0.3, 0.4) is 0 Å². The Hall–Kier alpha value is -2.35. The molecule has 1 aliphatic heterocycles.